The third kappa shape index (κ3) is 3.69. The molecule has 0 spiro atoms. The molecule has 1 nitrogen and oxygen atoms in total. The molecular formula is C12H20ClN. The molecule has 2 heteroatoms. The summed E-state index contributed by atoms with van der Waals surface area (Å²) in [7, 11) is 0. The molecule has 1 aromatic carbocycles. The molecule has 80 valence electrons. The Morgan fingerprint density at radius 1 is 1.14 bits per heavy atom. The number of aryl methyl sites for hydroxylation is 1. The van der Waals surface area contributed by atoms with Gasteiger partial charge in [0.1, 0.15) is 0 Å². The zero-order valence-electron chi connectivity index (χ0n) is 8.99. The minimum atomic E-state index is 0. The average molecular weight is 214 g/mol. The van der Waals surface area contributed by atoms with Gasteiger partial charge >= 0.3 is 0 Å². The van der Waals surface area contributed by atoms with Crippen molar-refractivity contribution in [3.8, 4) is 0 Å². The topological polar surface area (TPSA) is 26.0 Å². The lowest BCUT2D eigenvalue weighted by atomic mass is 10.0. The van der Waals surface area contributed by atoms with Gasteiger partial charge in [0.2, 0.25) is 0 Å². The summed E-state index contributed by atoms with van der Waals surface area (Å²) in [4.78, 5) is 0. The van der Waals surface area contributed by atoms with Crippen LogP contribution >= 0.6 is 12.4 Å². The van der Waals surface area contributed by atoms with Crippen LogP contribution in [0.15, 0.2) is 24.3 Å². The van der Waals surface area contributed by atoms with Crippen LogP contribution in [0, 0.1) is 0 Å². The van der Waals surface area contributed by atoms with Crippen LogP contribution in [0.25, 0.3) is 0 Å². The van der Waals surface area contributed by atoms with Crippen LogP contribution < -0.4 is 5.73 Å². The lowest BCUT2D eigenvalue weighted by Crippen LogP contribution is -2.09. The molecule has 0 bridgehead atoms. The molecule has 1 rings (SSSR count). The van der Waals surface area contributed by atoms with Gasteiger partial charge in [-0.05, 0) is 24.0 Å². The Morgan fingerprint density at radius 3 is 2.14 bits per heavy atom. The maximum Gasteiger partial charge on any atom is 0.0294 e. The highest BCUT2D eigenvalue weighted by atomic mass is 35.5. The molecule has 0 aliphatic heterocycles. The lowest BCUT2D eigenvalue weighted by molar-refractivity contribution is 0.638. The number of nitrogens with two attached hydrogens (primary N) is 1. The Labute approximate surface area is 93.1 Å². The Hall–Kier alpha value is -0.530. The fraction of sp³-hybridized carbons (Fsp3) is 0.500. The first-order valence-corrected chi connectivity index (χ1v) is 5.12. The number of hydrogen-bond acceptors (Lipinski definition) is 1. The second-order valence-corrected chi connectivity index (χ2v) is 3.49. The van der Waals surface area contributed by atoms with E-state index in [4.69, 9.17) is 5.73 Å². The van der Waals surface area contributed by atoms with E-state index in [0.717, 1.165) is 19.3 Å². The van der Waals surface area contributed by atoms with Gasteiger partial charge in [-0.3, -0.25) is 0 Å². The molecule has 0 radical (unpaired) electrons. The van der Waals surface area contributed by atoms with E-state index < -0.39 is 0 Å². The molecule has 0 saturated carbocycles. The van der Waals surface area contributed by atoms with Crippen molar-refractivity contribution in [2.75, 3.05) is 0 Å². The fourth-order valence-corrected chi connectivity index (χ4v) is 1.48. The van der Waals surface area contributed by atoms with Gasteiger partial charge in [-0.15, -0.1) is 12.4 Å². The third-order valence-corrected chi connectivity index (χ3v) is 2.42. The summed E-state index contributed by atoms with van der Waals surface area (Å²) in [5.74, 6) is 0. The fourth-order valence-electron chi connectivity index (χ4n) is 1.48. The molecule has 0 amide bonds. The van der Waals surface area contributed by atoms with Crippen molar-refractivity contribution in [3.63, 3.8) is 0 Å². The van der Waals surface area contributed by atoms with E-state index in [-0.39, 0.29) is 18.4 Å². The van der Waals surface area contributed by atoms with Gasteiger partial charge in [0, 0.05) is 6.04 Å². The molecular weight excluding hydrogens is 194 g/mol. The number of halogens is 1. The number of benzene rings is 1. The minimum absolute atomic E-state index is 0. The van der Waals surface area contributed by atoms with Crippen molar-refractivity contribution >= 4 is 12.4 Å². The molecule has 0 aliphatic rings. The van der Waals surface area contributed by atoms with Crippen molar-refractivity contribution in [2.24, 2.45) is 5.73 Å². The maximum absolute atomic E-state index is 6.00. The van der Waals surface area contributed by atoms with Crippen LogP contribution in [0.1, 0.15) is 43.9 Å². The Morgan fingerprint density at radius 2 is 1.71 bits per heavy atom. The molecule has 0 aromatic heterocycles. The van der Waals surface area contributed by atoms with Gasteiger partial charge in [0.25, 0.3) is 0 Å². The van der Waals surface area contributed by atoms with E-state index in [1.54, 1.807) is 0 Å². The van der Waals surface area contributed by atoms with Crippen LogP contribution in [0.5, 0.6) is 0 Å². The van der Waals surface area contributed by atoms with Gasteiger partial charge in [-0.2, -0.15) is 0 Å². The van der Waals surface area contributed by atoms with E-state index in [1.807, 2.05) is 0 Å². The summed E-state index contributed by atoms with van der Waals surface area (Å²) in [6.45, 7) is 4.33. The monoisotopic (exact) mass is 213 g/mol. The number of hydrogen-bond donors (Lipinski definition) is 1. The molecule has 2 N–H and O–H groups in total. The van der Waals surface area contributed by atoms with Crippen LogP contribution in [-0.4, -0.2) is 0 Å². The second-order valence-electron chi connectivity index (χ2n) is 3.49. The van der Waals surface area contributed by atoms with E-state index in [1.165, 1.54) is 11.1 Å². The molecule has 1 atom stereocenters. The average Bonchev–Trinajstić information content (AvgIpc) is 2.18. The molecule has 14 heavy (non-hydrogen) atoms. The zero-order chi connectivity index (χ0) is 9.68. The van der Waals surface area contributed by atoms with Crippen molar-refractivity contribution in [1.82, 2.24) is 0 Å². The van der Waals surface area contributed by atoms with Gasteiger partial charge in [-0.1, -0.05) is 44.5 Å². The molecule has 0 unspecified atom stereocenters. The van der Waals surface area contributed by atoms with Gasteiger partial charge in [0.15, 0.2) is 0 Å². The first kappa shape index (κ1) is 13.5. The summed E-state index contributed by atoms with van der Waals surface area (Å²) in [5, 5.41) is 0. The SMILES string of the molecule is CCC[C@H](N)c1ccc(CC)cc1.Cl. The minimum Gasteiger partial charge on any atom is -0.324 e. The van der Waals surface area contributed by atoms with Crippen LogP contribution in [-0.2, 0) is 6.42 Å². The van der Waals surface area contributed by atoms with E-state index >= 15 is 0 Å². The van der Waals surface area contributed by atoms with Crippen molar-refractivity contribution < 1.29 is 0 Å². The highest BCUT2D eigenvalue weighted by Crippen LogP contribution is 2.16. The van der Waals surface area contributed by atoms with Gasteiger partial charge in [0.05, 0.1) is 0 Å². The van der Waals surface area contributed by atoms with Crippen molar-refractivity contribution in [3.05, 3.63) is 35.4 Å². The Bertz CT molecular complexity index is 243. The predicted octanol–water partition coefficient (Wildman–Crippen LogP) is 3.47. The number of rotatable bonds is 4. The predicted molar refractivity (Wildman–Crippen MR) is 64.9 cm³/mol. The molecule has 1 aromatic rings. The summed E-state index contributed by atoms with van der Waals surface area (Å²) in [6.07, 6.45) is 3.32. The maximum atomic E-state index is 6.00. The molecule has 0 saturated heterocycles. The van der Waals surface area contributed by atoms with Gasteiger partial charge in [-0.25, -0.2) is 0 Å². The first-order chi connectivity index (χ1) is 6.27. The largest absolute Gasteiger partial charge is 0.324 e. The van der Waals surface area contributed by atoms with Crippen molar-refractivity contribution in [1.29, 1.82) is 0 Å². The van der Waals surface area contributed by atoms with E-state index in [0.29, 0.717) is 0 Å². The van der Waals surface area contributed by atoms with Gasteiger partial charge < -0.3 is 5.73 Å². The Balaban J connectivity index is 0.00000169. The second kappa shape index (κ2) is 6.86. The molecule has 0 aliphatic carbocycles. The first-order valence-electron chi connectivity index (χ1n) is 5.12. The summed E-state index contributed by atoms with van der Waals surface area (Å²) >= 11 is 0. The van der Waals surface area contributed by atoms with E-state index in [2.05, 4.69) is 38.1 Å². The molecule has 0 fully saturated rings. The summed E-state index contributed by atoms with van der Waals surface area (Å²) < 4.78 is 0. The highest BCUT2D eigenvalue weighted by molar-refractivity contribution is 5.85. The van der Waals surface area contributed by atoms with Crippen LogP contribution in [0.3, 0.4) is 0 Å². The zero-order valence-corrected chi connectivity index (χ0v) is 9.81. The van der Waals surface area contributed by atoms with Crippen molar-refractivity contribution in [2.45, 2.75) is 39.2 Å². The standard InChI is InChI=1S/C12H19N.ClH/c1-3-5-12(13)11-8-6-10(4-2)7-9-11;/h6-9,12H,3-5,13H2,1-2H3;1H/t12-;/m0./s1. The quantitative estimate of drug-likeness (QED) is 0.815. The highest BCUT2D eigenvalue weighted by Gasteiger charge is 2.03. The van der Waals surface area contributed by atoms with Crippen LogP contribution in [0.4, 0.5) is 0 Å². The Kier molecular flexibility index (Phi) is 6.60. The molecule has 0 heterocycles. The summed E-state index contributed by atoms with van der Waals surface area (Å²) in [6, 6.07) is 8.87. The van der Waals surface area contributed by atoms with E-state index in [9.17, 15) is 0 Å². The lowest BCUT2D eigenvalue weighted by Gasteiger charge is -2.10. The third-order valence-electron chi connectivity index (χ3n) is 2.42. The normalized spacial score (nSPS) is 11.9. The summed E-state index contributed by atoms with van der Waals surface area (Å²) in [5.41, 5.74) is 8.64. The van der Waals surface area contributed by atoms with Crippen LogP contribution in [0.2, 0.25) is 0 Å². The smallest absolute Gasteiger partial charge is 0.0294 e.